The second-order valence-electron chi connectivity index (χ2n) is 5.54. The molecule has 2 atom stereocenters. The number of likely N-dealkylation sites (tertiary alicyclic amines) is 1. The van der Waals surface area contributed by atoms with Crippen molar-refractivity contribution >= 4 is 34.8 Å². The van der Waals surface area contributed by atoms with Gasteiger partial charge in [0.05, 0.1) is 22.3 Å². The number of anilines is 1. The quantitative estimate of drug-likeness (QED) is 0.892. The molecule has 1 aliphatic rings. The number of halogens is 2. The molecule has 3 N–H and O–H groups in total. The molecule has 0 radical (unpaired) electrons. The zero-order valence-electron chi connectivity index (χ0n) is 12.1. The van der Waals surface area contributed by atoms with E-state index in [0.717, 1.165) is 19.4 Å². The third-order valence-corrected chi connectivity index (χ3v) is 4.68. The van der Waals surface area contributed by atoms with Crippen LogP contribution >= 0.6 is 23.2 Å². The Morgan fingerprint density at radius 2 is 2.10 bits per heavy atom. The molecule has 116 valence electrons. The average Bonchev–Trinajstić information content (AvgIpc) is 2.43. The summed E-state index contributed by atoms with van der Waals surface area (Å²) in [4.78, 5) is 14.4. The Balaban J connectivity index is 2.01. The maximum atomic E-state index is 12.2. The SMILES string of the molecule is CC1CCCN(CC(=O)Nc2c(Cl)cccc2Cl)C1CN. The number of hydrogen-bond donors (Lipinski definition) is 2. The summed E-state index contributed by atoms with van der Waals surface area (Å²) in [5, 5.41) is 3.69. The van der Waals surface area contributed by atoms with Gasteiger partial charge >= 0.3 is 0 Å². The number of carbonyl (C=O) groups excluding carboxylic acids is 1. The molecule has 1 aliphatic heterocycles. The van der Waals surface area contributed by atoms with Crippen molar-refractivity contribution in [1.29, 1.82) is 0 Å². The summed E-state index contributed by atoms with van der Waals surface area (Å²) in [6.45, 7) is 3.97. The highest BCUT2D eigenvalue weighted by Crippen LogP contribution is 2.30. The van der Waals surface area contributed by atoms with Gasteiger partial charge in [0.1, 0.15) is 0 Å². The summed E-state index contributed by atoms with van der Waals surface area (Å²) >= 11 is 12.1. The lowest BCUT2D eigenvalue weighted by Gasteiger charge is -2.38. The van der Waals surface area contributed by atoms with E-state index in [4.69, 9.17) is 28.9 Å². The minimum Gasteiger partial charge on any atom is -0.329 e. The van der Waals surface area contributed by atoms with Gasteiger partial charge in [0.2, 0.25) is 5.91 Å². The number of rotatable bonds is 4. The van der Waals surface area contributed by atoms with Crippen LogP contribution in [0.3, 0.4) is 0 Å². The van der Waals surface area contributed by atoms with Crippen LogP contribution in [-0.4, -0.2) is 36.5 Å². The van der Waals surface area contributed by atoms with Gasteiger partial charge < -0.3 is 11.1 Å². The Morgan fingerprint density at radius 1 is 1.43 bits per heavy atom. The first-order valence-electron chi connectivity index (χ1n) is 7.21. The highest BCUT2D eigenvalue weighted by Gasteiger charge is 2.28. The Morgan fingerprint density at radius 3 is 2.71 bits per heavy atom. The maximum absolute atomic E-state index is 12.2. The van der Waals surface area contributed by atoms with E-state index < -0.39 is 0 Å². The normalized spacial score (nSPS) is 23.0. The molecule has 2 unspecified atom stereocenters. The van der Waals surface area contributed by atoms with E-state index in [2.05, 4.69) is 17.1 Å². The van der Waals surface area contributed by atoms with Crippen molar-refractivity contribution in [2.24, 2.45) is 11.7 Å². The summed E-state index contributed by atoms with van der Waals surface area (Å²) in [7, 11) is 0. The molecular weight excluding hydrogens is 309 g/mol. The van der Waals surface area contributed by atoms with Crippen molar-refractivity contribution in [3.8, 4) is 0 Å². The minimum atomic E-state index is -0.113. The Kier molecular flexibility index (Phi) is 5.88. The summed E-state index contributed by atoms with van der Waals surface area (Å²) in [5.41, 5.74) is 6.32. The Labute approximate surface area is 135 Å². The van der Waals surface area contributed by atoms with Gasteiger partial charge in [-0.15, -0.1) is 0 Å². The molecule has 1 aromatic carbocycles. The number of amides is 1. The molecule has 4 nitrogen and oxygen atoms in total. The van der Waals surface area contributed by atoms with Gasteiger partial charge in [0.15, 0.2) is 0 Å². The second-order valence-corrected chi connectivity index (χ2v) is 6.35. The number of nitrogens with one attached hydrogen (secondary N) is 1. The largest absolute Gasteiger partial charge is 0.329 e. The molecule has 0 spiro atoms. The van der Waals surface area contributed by atoms with E-state index in [0.29, 0.717) is 34.7 Å². The fourth-order valence-electron chi connectivity index (χ4n) is 2.89. The molecule has 0 aliphatic carbocycles. The van der Waals surface area contributed by atoms with E-state index in [-0.39, 0.29) is 11.9 Å². The van der Waals surface area contributed by atoms with Crippen molar-refractivity contribution in [3.05, 3.63) is 28.2 Å². The molecule has 21 heavy (non-hydrogen) atoms. The zero-order valence-corrected chi connectivity index (χ0v) is 13.6. The number of benzene rings is 1. The average molecular weight is 330 g/mol. The summed E-state index contributed by atoms with van der Waals surface area (Å²) in [6, 6.07) is 5.41. The van der Waals surface area contributed by atoms with Crippen LogP contribution in [0.4, 0.5) is 5.69 Å². The van der Waals surface area contributed by atoms with Gasteiger partial charge in [-0.1, -0.05) is 36.2 Å². The molecule has 0 saturated carbocycles. The van der Waals surface area contributed by atoms with Crippen LogP contribution < -0.4 is 11.1 Å². The fraction of sp³-hybridized carbons (Fsp3) is 0.533. The predicted octanol–water partition coefficient (Wildman–Crippen LogP) is 2.99. The first-order valence-corrected chi connectivity index (χ1v) is 7.96. The molecule has 1 saturated heterocycles. The highest BCUT2D eigenvalue weighted by molar-refractivity contribution is 6.39. The first kappa shape index (κ1) is 16.6. The van der Waals surface area contributed by atoms with Crippen LogP contribution in [0.15, 0.2) is 18.2 Å². The lowest BCUT2D eigenvalue weighted by Crippen LogP contribution is -2.51. The third kappa shape index (κ3) is 4.10. The monoisotopic (exact) mass is 329 g/mol. The van der Waals surface area contributed by atoms with Crippen LogP contribution in [0.5, 0.6) is 0 Å². The van der Waals surface area contributed by atoms with Crippen LogP contribution in [0.1, 0.15) is 19.8 Å². The number of hydrogen-bond acceptors (Lipinski definition) is 3. The lowest BCUT2D eigenvalue weighted by atomic mass is 9.91. The van der Waals surface area contributed by atoms with E-state index in [1.165, 1.54) is 0 Å². The van der Waals surface area contributed by atoms with E-state index >= 15 is 0 Å². The molecule has 1 fully saturated rings. The Bertz CT molecular complexity index is 489. The molecule has 1 heterocycles. The molecule has 6 heteroatoms. The number of para-hydroxylation sites is 1. The van der Waals surface area contributed by atoms with Crippen molar-refractivity contribution in [2.45, 2.75) is 25.8 Å². The number of nitrogens with two attached hydrogens (primary N) is 1. The Hall–Kier alpha value is -0.810. The van der Waals surface area contributed by atoms with E-state index in [1.54, 1.807) is 18.2 Å². The van der Waals surface area contributed by atoms with E-state index in [9.17, 15) is 4.79 Å². The molecule has 1 aromatic rings. The molecule has 2 rings (SSSR count). The van der Waals surface area contributed by atoms with Crippen LogP contribution in [0.25, 0.3) is 0 Å². The lowest BCUT2D eigenvalue weighted by molar-refractivity contribution is -0.118. The topological polar surface area (TPSA) is 58.4 Å². The van der Waals surface area contributed by atoms with Crippen molar-refractivity contribution in [1.82, 2.24) is 4.90 Å². The van der Waals surface area contributed by atoms with Crippen LogP contribution in [-0.2, 0) is 4.79 Å². The van der Waals surface area contributed by atoms with Gasteiger partial charge in [-0.2, -0.15) is 0 Å². The van der Waals surface area contributed by atoms with Crippen molar-refractivity contribution in [2.75, 3.05) is 25.0 Å². The molecule has 0 aromatic heterocycles. The van der Waals surface area contributed by atoms with Crippen molar-refractivity contribution in [3.63, 3.8) is 0 Å². The zero-order chi connectivity index (χ0) is 15.4. The van der Waals surface area contributed by atoms with Gasteiger partial charge in [-0.3, -0.25) is 9.69 Å². The maximum Gasteiger partial charge on any atom is 0.238 e. The number of carbonyl (C=O) groups is 1. The van der Waals surface area contributed by atoms with Gasteiger partial charge in [0.25, 0.3) is 0 Å². The summed E-state index contributed by atoms with van der Waals surface area (Å²) < 4.78 is 0. The first-order chi connectivity index (χ1) is 10.0. The van der Waals surface area contributed by atoms with Crippen molar-refractivity contribution < 1.29 is 4.79 Å². The third-order valence-electron chi connectivity index (χ3n) is 4.05. The molecular formula is C15H21Cl2N3O. The molecule has 1 amide bonds. The van der Waals surface area contributed by atoms with Gasteiger partial charge in [0, 0.05) is 12.6 Å². The fourth-order valence-corrected chi connectivity index (χ4v) is 3.38. The molecule has 0 bridgehead atoms. The number of piperidine rings is 1. The summed E-state index contributed by atoms with van der Waals surface area (Å²) in [5.74, 6) is 0.401. The highest BCUT2D eigenvalue weighted by atomic mass is 35.5. The standard InChI is InChI=1S/C15H21Cl2N3O/c1-10-4-3-7-20(13(10)8-18)9-14(21)19-15-11(16)5-2-6-12(15)17/h2,5-6,10,13H,3-4,7-9,18H2,1H3,(H,19,21). The van der Waals surface area contributed by atoms with Gasteiger partial charge in [-0.25, -0.2) is 0 Å². The van der Waals surface area contributed by atoms with E-state index in [1.807, 2.05) is 0 Å². The predicted molar refractivity (Wildman–Crippen MR) is 87.9 cm³/mol. The second kappa shape index (κ2) is 7.45. The minimum absolute atomic E-state index is 0.113. The smallest absolute Gasteiger partial charge is 0.238 e. The van der Waals surface area contributed by atoms with Crippen LogP contribution in [0, 0.1) is 5.92 Å². The summed E-state index contributed by atoms with van der Waals surface area (Å²) in [6.07, 6.45) is 2.26. The van der Waals surface area contributed by atoms with Crippen LogP contribution in [0.2, 0.25) is 10.0 Å². The van der Waals surface area contributed by atoms with Gasteiger partial charge in [-0.05, 0) is 37.4 Å². The number of nitrogens with zero attached hydrogens (tertiary/aromatic N) is 1.